The van der Waals surface area contributed by atoms with Crippen LogP contribution in [0.4, 0.5) is 0 Å². The molecule has 0 saturated heterocycles. The van der Waals surface area contributed by atoms with E-state index in [0.29, 0.717) is 6.54 Å². The van der Waals surface area contributed by atoms with Crippen molar-refractivity contribution >= 4 is 5.97 Å². The minimum atomic E-state index is -0.722. The molecule has 0 radical (unpaired) electrons. The summed E-state index contributed by atoms with van der Waals surface area (Å²) in [5, 5.41) is 12.4. The van der Waals surface area contributed by atoms with E-state index < -0.39 is 5.97 Å². The minimum Gasteiger partial charge on any atom is -0.481 e. The van der Waals surface area contributed by atoms with Gasteiger partial charge in [0.15, 0.2) is 0 Å². The number of hydrogen-bond donors (Lipinski definition) is 2. The van der Waals surface area contributed by atoms with Crippen molar-refractivity contribution in [3.8, 4) is 0 Å². The maximum atomic E-state index is 11.1. The molecule has 0 heterocycles. The van der Waals surface area contributed by atoms with E-state index >= 15 is 0 Å². The molecule has 3 nitrogen and oxygen atoms in total. The van der Waals surface area contributed by atoms with Gasteiger partial charge in [0.25, 0.3) is 0 Å². The van der Waals surface area contributed by atoms with Crippen molar-refractivity contribution in [2.45, 2.75) is 41.2 Å². The molecule has 19 heavy (non-hydrogen) atoms. The lowest BCUT2D eigenvalue weighted by atomic mass is 9.95. The van der Waals surface area contributed by atoms with Crippen molar-refractivity contribution in [2.75, 3.05) is 6.54 Å². The zero-order chi connectivity index (χ0) is 14.6. The second-order valence-corrected chi connectivity index (χ2v) is 5.70. The lowest BCUT2D eigenvalue weighted by Crippen LogP contribution is -2.32. The van der Waals surface area contributed by atoms with Crippen LogP contribution in [0.5, 0.6) is 0 Å². The lowest BCUT2D eigenvalue weighted by molar-refractivity contribution is -0.143. The van der Waals surface area contributed by atoms with Crippen LogP contribution in [-0.2, 0) is 11.3 Å². The summed E-state index contributed by atoms with van der Waals surface area (Å²) >= 11 is 0. The average Bonchev–Trinajstić information content (AvgIpc) is 2.25. The largest absolute Gasteiger partial charge is 0.481 e. The molecule has 0 amide bonds. The molecule has 1 atom stereocenters. The number of rotatable bonds is 6. The van der Waals surface area contributed by atoms with Gasteiger partial charge in [-0.15, -0.1) is 0 Å². The number of carbonyl (C=O) groups is 1. The third-order valence-electron chi connectivity index (χ3n) is 3.63. The zero-order valence-electron chi connectivity index (χ0n) is 12.6. The van der Waals surface area contributed by atoms with Crippen LogP contribution < -0.4 is 5.32 Å². The molecule has 0 bridgehead atoms. The summed E-state index contributed by atoms with van der Waals surface area (Å²) in [7, 11) is 0. The number of aliphatic carboxylic acids is 1. The average molecular weight is 263 g/mol. The quantitative estimate of drug-likeness (QED) is 0.829. The smallest absolute Gasteiger partial charge is 0.308 e. The fourth-order valence-corrected chi connectivity index (χ4v) is 2.45. The Balaban J connectivity index is 2.65. The van der Waals surface area contributed by atoms with E-state index in [1.807, 2.05) is 13.8 Å². The van der Waals surface area contributed by atoms with Gasteiger partial charge in [0, 0.05) is 13.1 Å². The van der Waals surface area contributed by atoms with Gasteiger partial charge >= 0.3 is 5.97 Å². The summed E-state index contributed by atoms with van der Waals surface area (Å²) < 4.78 is 0. The van der Waals surface area contributed by atoms with Gasteiger partial charge in [-0.05, 0) is 43.4 Å². The molecule has 1 unspecified atom stereocenters. The summed E-state index contributed by atoms with van der Waals surface area (Å²) in [6.45, 7) is 11.4. The molecule has 0 aliphatic heterocycles. The second-order valence-electron chi connectivity index (χ2n) is 5.70. The fourth-order valence-electron chi connectivity index (χ4n) is 2.45. The molecule has 1 aromatic carbocycles. The van der Waals surface area contributed by atoms with Crippen LogP contribution in [-0.4, -0.2) is 17.6 Å². The predicted octanol–water partition coefficient (Wildman–Crippen LogP) is 3.06. The second kappa shape index (κ2) is 6.71. The first-order valence-corrected chi connectivity index (χ1v) is 6.83. The molecule has 0 spiro atoms. The Morgan fingerprint density at radius 2 is 1.74 bits per heavy atom. The Labute approximate surface area is 116 Å². The molecular weight excluding hydrogens is 238 g/mol. The normalized spacial score (nSPS) is 12.7. The maximum absolute atomic E-state index is 11.1. The first kappa shape index (κ1) is 15.7. The van der Waals surface area contributed by atoms with Crippen LogP contribution in [0, 0.1) is 32.6 Å². The Bertz CT molecular complexity index is 429. The van der Waals surface area contributed by atoms with Crippen molar-refractivity contribution in [1.82, 2.24) is 5.32 Å². The van der Waals surface area contributed by atoms with E-state index in [-0.39, 0.29) is 11.8 Å². The fraction of sp³-hybridized carbons (Fsp3) is 0.562. The van der Waals surface area contributed by atoms with Crippen molar-refractivity contribution in [3.05, 3.63) is 34.4 Å². The topological polar surface area (TPSA) is 49.3 Å². The molecule has 106 valence electrons. The van der Waals surface area contributed by atoms with E-state index in [4.69, 9.17) is 5.11 Å². The van der Waals surface area contributed by atoms with Crippen LogP contribution >= 0.6 is 0 Å². The summed E-state index contributed by atoms with van der Waals surface area (Å²) in [6, 6.07) is 4.34. The molecule has 0 saturated carbocycles. The standard InChI is InChI=1S/C16H25NO2/c1-10(2)14(16(18)19)8-17-9-15-12(4)6-11(3)7-13(15)5/h6-7,10,14,17H,8-9H2,1-5H3,(H,18,19). The summed E-state index contributed by atoms with van der Waals surface area (Å²) in [4.78, 5) is 11.1. The number of benzene rings is 1. The van der Waals surface area contributed by atoms with E-state index in [2.05, 4.69) is 38.2 Å². The highest BCUT2D eigenvalue weighted by atomic mass is 16.4. The highest BCUT2D eigenvalue weighted by molar-refractivity contribution is 5.70. The Kier molecular flexibility index (Phi) is 5.55. The van der Waals surface area contributed by atoms with Crippen molar-refractivity contribution in [1.29, 1.82) is 0 Å². The molecule has 1 rings (SSSR count). The van der Waals surface area contributed by atoms with Crippen LogP contribution in [0.1, 0.15) is 36.1 Å². The van der Waals surface area contributed by atoms with Crippen LogP contribution in [0.3, 0.4) is 0 Å². The number of hydrogen-bond acceptors (Lipinski definition) is 2. The summed E-state index contributed by atoms with van der Waals surface area (Å²) in [5.41, 5.74) is 5.07. The number of carboxylic acids is 1. The third kappa shape index (κ3) is 4.35. The highest BCUT2D eigenvalue weighted by Crippen LogP contribution is 2.16. The van der Waals surface area contributed by atoms with Crippen molar-refractivity contribution < 1.29 is 9.90 Å². The van der Waals surface area contributed by atoms with Crippen LogP contribution in [0.15, 0.2) is 12.1 Å². The molecule has 0 aromatic heterocycles. The molecule has 2 N–H and O–H groups in total. The number of carboxylic acid groups (broad SMARTS) is 1. The maximum Gasteiger partial charge on any atom is 0.308 e. The molecule has 0 fully saturated rings. The van der Waals surface area contributed by atoms with Crippen molar-refractivity contribution in [3.63, 3.8) is 0 Å². The van der Waals surface area contributed by atoms with Gasteiger partial charge in [-0.1, -0.05) is 31.5 Å². The molecule has 0 aliphatic carbocycles. The number of nitrogens with one attached hydrogen (secondary N) is 1. The Morgan fingerprint density at radius 3 is 2.16 bits per heavy atom. The first-order valence-electron chi connectivity index (χ1n) is 6.83. The molecule has 3 heteroatoms. The number of aryl methyl sites for hydroxylation is 3. The zero-order valence-corrected chi connectivity index (χ0v) is 12.6. The van der Waals surface area contributed by atoms with Gasteiger partial charge in [0.05, 0.1) is 5.92 Å². The summed E-state index contributed by atoms with van der Waals surface area (Å²) in [5.74, 6) is -0.906. The van der Waals surface area contributed by atoms with E-state index in [9.17, 15) is 4.79 Å². The lowest BCUT2D eigenvalue weighted by Gasteiger charge is -2.18. The van der Waals surface area contributed by atoms with Gasteiger partial charge < -0.3 is 10.4 Å². The van der Waals surface area contributed by atoms with Gasteiger partial charge in [-0.2, -0.15) is 0 Å². The van der Waals surface area contributed by atoms with Gasteiger partial charge in [-0.3, -0.25) is 4.79 Å². The Hall–Kier alpha value is -1.35. The monoisotopic (exact) mass is 263 g/mol. The summed E-state index contributed by atoms with van der Waals surface area (Å²) in [6.07, 6.45) is 0. The van der Waals surface area contributed by atoms with E-state index in [1.54, 1.807) is 0 Å². The SMILES string of the molecule is Cc1cc(C)c(CNCC(C(=O)O)C(C)C)c(C)c1. The van der Waals surface area contributed by atoms with Gasteiger partial charge in [0.1, 0.15) is 0 Å². The molecule has 0 aliphatic rings. The predicted molar refractivity (Wildman–Crippen MR) is 78.3 cm³/mol. The molecular formula is C16H25NO2. The first-order chi connectivity index (χ1) is 8.82. The Morgan fingerprint density at radius 1 is 1.21 bits per heavy atom. The minimum absolute atomic E-state index is 0.144. The van der Waals surface area contributed by atoms with E-state index in [0.717, 1.165) is 6.54 Å². The van der Waals surface area contributed by atoms with Gasteiger partial charge in [0.2, 0.25) is 0 Å². The third-order valence-corrected chi connectivity index (χ3v) is 3.63. The highest BCUT2D eigenvalue weighted by Gasteiger charge is 2.20. The van der Waals surface area contributed by atoms with Crippen LogP contribution in [0.25, 0.3) is 0 Å². The molecule has 1 aromatic rings. The van der Waals surface area contributed by atoms with Gasteiger partial charge in [-0.25, -0.2) is 0 Å². The van der Waals surface area contributed by atoms with Crippen LogP contribution in [0.2, 0.25) is 0 Å². The van der Waals surface area contributed by atoms with E-state index in [1.165, 1.54) is 22.3 Å². The van der Waals surface area contributed by atoms with Crippen molar-refractivity contribution in [2.24, 2.45) is 11.8 Å².